The lowest BCUT2D eigenvalue weighted by atomic mass is 9.99. The van der Waals surface area contributed by atoms with Crippen molar-refractivity contribution in [2.45, 2.75) is 6.92 Å². The van der Waals surface area contributed by atoms with Crippen LogP contribution in [0.25, 0.3) is 21.9 Å². The van der Waals surface area contributed by atoms with Crippen LogP contribution in [0.15, 0.2) is 54.7 Å². The zero-order valence-corrected chi connectivity index (χ0v) is 14.9. The Balaban J connectivity index is 2.22. The fourth-order valence-electron chi connectivity index (χ4n) is 2.56. The molecule has 0 atom stereocenters. The first kappa shape index (κ1) is 17.8. The number of benzene rings is 2. The van der Waals surface area contributed by atoms with Crippen molar-refractivity contribution in [3.05, 3.63) is 60.5 Å². The van der Waals surface area contributed by atoms with E-state index in [1.165, 1.54) is 26.1 Å². The topological polar surface area (TPSA) is 53.5 Å². The molecule has 0 fully saturated rings. The van der Waals surface area contributed by atoms with Gasteiger partial charge in [0.25, 0.3) is 0 Å². The quantitative estimate of drug-likeness (QED) is 0.618. The minimum absolute atomic E-state index is 0.162. The fourth-order valence-corrected chi connectivity index (χ4v) is 2.80. The number of halogens is 2. The van der Waals surface area contributed by atoms with Gasteiger partial charge >= 0.3 is 6.03 Å². The molecule has 0 radical (unpaired) electrons. The number of nitrogens with zero attached hydrogens (tertiary/aromatic N) is 3. The average Bonchev–Trinajstić information content (AvgIpc) is 2.66. The first-order valence-corrected chi connectivity index (χ1v) is 8.12. The third-order valence-corrected chi connectivity index (χ3v) is 4.33. The molecule has 132 valence electrons. The van der Waals surface area contributed by atoms with Gasteiger partial charge in [0, 0.05) is 42.9 Å². The molecule has 1 heterocycles. The number of aromatic nitrogens is 1. The van der Waals surface area contributed by atoms with Gasteiger partial charge in [-0.15, -0.1) is 0 Å². The molecule has 1 aromatic heterocycles. The summed E-state index contributed by atoms with van der Waals surface area (Å²) >= 11 is 6.24. The highest BCUT2D eigenvalue weighted by atomic mass is 35.5. The van der Waals surface area contributed by atoms with Crippen molar-refractivity contribution < 1.29 is 14.0 Å². The number of anilines is 1. The summed E-state index contributed by atoms with van der Waals surface area (Å²) in [5.41, 5.74) is 1.22. The normalized spacial score (nSPS) is 10.6. The number of carbonyl (C=O) groups is 2. The zero-order chi connectivity index (χ0) is 18.8. The number of hydrogen-bond acceptors (Lipinski definition) is 3. The van der Waals surface area contributed by atoms with E-state index in [0.29, 0.717) is 11.1 Å². The highest BCUT2D eigenvalue weighted by Gasteiger charge is 2.25. The van der Waals surface area contributed by atoms with Gasteiger partial charge in [-0.1, -0.05) is 36.4 Å². The van der Waals surface area contributed by atoms with Crippen LogP contribution in [0.3, 0.4) is 0 Å². The fraction of sp³-hybridized carbons (Fsp3) is 0.105. The van der Waals surface area contributed by atoms with Crippen molar-refractivity contribution >= 4 is 40.3 Å². The number of fused-ring (bicyclic) bond motifs is 1. The van der Waals surface area contributed by atoms with Crippen LogP contribution in [0.2, 0.25) is 0 Å². The van der Waals surface area contributed by atoms with Crippen LogP contribution in [-0.4, -0.2) is 28.9 Å². The summed E-state index contributed by atoms with van der Waals surface area (Å²) in [6.07, 6.45) is 1.59. The molecular weight excluding hydrogens is 357 g/mol. The molecule has 7 heteroatoms. The van der Waals surface area contributed by atoms with Gasteiger partial charge in [0.1, 0.15) is 5.82 Å². The first-order chi connectivity index (χ1) is 12.4. The van der Waals surface area contributed by atoms with Crippen molar-refractivity contribution in [2.75, 3.05) is 11.5 Å². The van der Waals surface area contributed by atoms with E-state index in [1.807, 2.05) is 24.3 Å². The van der Waals surface area contributed by atoms with Crippen LogP contribution in [0.4, 0.5) is 15.0 Å². The number of pyridine rings is 1. The van der Waals surface area contributed by atoms with E-state index >= 15 is 0 Å². The van der Waals surface area contributed by atoms with Gasteiger partial charge < -0.3 is 0 Å². The van der Waals surface area contributed by atoms with Gasteiger partial charge in [-0.25, -0.2) is 14.2 Å². The van der Waals surface area contributed by atoms with Gasteiger partial charge in [-0.3, -0.25) is 9.69 Å². The zero-order valence-electron chi connectivity index (χ0n) is 14.1. The summed E-state index contributed by atoms with van der Waals surface area (Å²) in [7, 11) is 1.33. The molecule has 3 amide bonds. The molecule has 26 heavy (non-hydrogen) atoms. The molecule has 3 rings (SSSR count). The maximum atomic E-state index is 13.3. The number of imide groups is 1. The largest absolute Gasteiger partial charge is 0.347 e. The van der Waals surface area contributed by atoms with Gasteiger partial charge in [0.2, 0.25) is 5.91 Å². The Labute approximate surface area is 154 Å². The lowest BCUT2D eigenvalue weighted by Gasteiger charge is -2.22. The highest BCUT2D eigenvalue weighted by molar-refractivity contribution is 6.38. The maximum absolute atomic E-state index is 13.3. The van der Waals surface area contributed by atoms with Gasteiger partial charge in [-0.2, -0.15) is 4.42 Å². The SMILES string of the molecule is CC(=O)N(C)C(=O)N(Cl)c1ncc2ccccc2c1-c1ccc(F)cc1. The molecule has 0 N–H and O–H groups in total. The molecule has 0 spiro atoms. The van der Waals surface area contributed by atoms with Crippen LogP contribution in [0.1, 0.15) is 6.92 Å². The Morgan fingerprint density at radius 2 is 1.73 bits per heavy atom. The number of rotatable bonds is 2. The minimum Gasteiger partial charge on any atom is -0.275 e. The lowest BCUT2D eigenvalue weighted by Crippen LogP contribution is -2.39. The molecule has 5 nitrogen and oxygen atoms in total. The standard InChI is InChI=1S/C19H15ClFN3O2/c1-12(25)23(2)19(26)24(20)18-17(13-7-9-15(21)10-8-13)16-6-4-3-5-14(16)11-22-18/h3-11H,1-2H3. The Morgan fingerprint density at radius 3 is 2.38 bits per heavy atom. The molecule has 0 saturated heterocycles. The van der Waals surface area contributed by atoms with E-state index in [4.69, 9.17) is 11.8 Å². The van der Waals surface area contributed by atoms with Crippen LogP contribution >= 0.6 is 11.8 Å². The number of carbonyl (C=O) groups excluding carboxylic acids is 2. The summed E-state index contributed by atoms with van der Waals surface area (Å²) in [4.78, 5) is 29.1. The predicted octanol–water partition coefficient (Wildman–Crippen LogP) is 4.60. The smallest absolute Gasteiger partial charge is 0.275 e. The Hall–Kier alpha value is -2.99. The summed E-state index contributed by atoms with van der Waals surface area (Å²) < 4.78 is 14.1. The molecule has 0 aliphatic heterocycles. The molecule has 0 aliphatic rings. The summed E-state index contributed by atoms with van der Waals surface area (Å²) in [6.45, 7) is 1.26. The summed E-state index contributed by atoms with van der Waals surface area (Å²) in [6, 6.07) is 12.5. The maximum Gasteiger partial charge on any atom is 0.347 e. The molecule has 0 aliphatic carbocycles. The van der Waals surface area contributed by atoms with Crippen LogP contribution in [-0.2, 0) is 4.79 Å². The van der Waals surface area contributed by atoms with E-state index in [2.05, 4.69) is 4.98 Å². The van der Waals surface area contributed by atoms with Crippen molar-refractivity contribution in [3.8, 4) is 11.1 Å². The van der Waals surface area contributed by atoms with Gasteiger partial charge in [0.05, 0.1) is 0 Å². The molecule has 0 unspecified atom stereocenters. The van der Waals surface area contributed by atoms with Crippen LogP contribution < -0.4 is 4.42 Å². The lowest BCUT2D eigenvalue weighted by molar-refractivity contribution is -0.124. The van der Waals surface area contributed by atoms with Gasteiger partial charge in [-0.05, 0) is 23.1 Å². The molecule has 3 aromatic rings. The van der Waals surface area contributed by atoms with E-state index in [-0.39, 0.29) is 11.6 Å². The minimum atomic E-state index is -0.731. The van der Waals surface area contributed by atoms with E-state index in [0.717, 1.165) is 20.1 Å². The monoisotopic (exact) mass is 371 g/mol. The van der Waals surface area contributed by atoms with Crippen molar-refractivity contribution in [1.29, 1.82) is 0 Å². The Kier molecular flexibility index (Phi) is 4.86. The highest BCUT2D eigenvalue weighted by Crippen LogP contribution is 2.37. The predicted molar refractivity (Wildman–Crippen MR) is 99.3 cm³/mol. The number of urea groups is 1. The second kappa shape index (κ2) is 7.09. The summed E-state index contributed by atoms with van der Waals surface area (Å²) in [5.74, 6) is -0.668. The van der Waals surface area contributed by atoms with Crippen LogP contribution in [0.5, 0.6) is 0 Å². The molecule has 0 saturated carbocycles. The van der Waals surface area contributed by atoms with E-state index in [1.54, 1.807) is 18.3 Å². The number of amides is 3. The van der Waals surface area contributed by atoms with Crippen molar-refractivity contribution in [1.82, 2.24) is 9.88 Å². The summed E-state index contributed by atoms with van der Waals surface area (Å²) in [5, 5.41) is 1.64. The molecule has 2 aromatic carbocycles. The second-order valence-corrected chi connectivity index (χ2v) is 6.03. The molecule has 0 bridgehead atoms. The Bertz CT molecular complexity index is 992. The van der Waals surface area contributed by atoms with E-state index in [9.17, 15) is 14.0 Å². The second-order valence-electron chi connectivity index (χ2n) is 5.69. The number of hydrogen-bond donors (Lipinski definition) is 0. The molecular formula is C19H15ClFN3O2. The Morgan fingerprint density at radius 1 is 1.08 bits per heavy atom. The third kappa shape index (κ3) is 3.23. The van der Waals surface area contributed by atoms with Crippen molar-refractivity contribution in [3.63, 3.8) is 0 Å². The average molecular weight is 372 g/mol. The van der Waals surface area contributed by atoms with Crippen LogP contribution in [0, 0.1) is 5.82 Å². The first-order valence-electron chi connectivity index (χ1n) is 7.78. The van der Waals surface area contributed by atoms with E-state index < -0.39 is 11.9 Å². The van der Waals surface area contributed by atoms with Gasteiger partial charge in [0.15, 0.2) is 5.82 Å². The van der Waals surface area contributed by atoms with Crippen molar-refractivity contribution in [2.24, 2.45) is 0 Å². The third-order valence-electron chi connectivity index (χ3n) is 4.03.